The Labute approximate surface area is 195 Å². The maximum atomic E-state index is 13.2. The van der Waals surface area contributed by atoms with Gasteiger partial charge in [-0.05, 0) is 60.1 Å². The fourth-order valence-electron chi connectivity index (χ4n) is 4.65. The first kappa shape index (κ1) is 23.6. The first-order valence-electron chi connectivity index (χ1n) is 10.8. The van der Waals surface area contributed by atoms with E-state index in [1.165, 1.54) is 6.07 Å². The molecule has 4 nitrogen and oxygen atoms in total. The highest BCUT2D eigenvalue weighted by molar-refractivity contribution is 6.31. The van der Waals surface area contributed by atoms with Gasteiger partial charge in [0.2, 0.25) is 0 Å². The van der Waals surface area contributed by atoms with Crippen LogP contribution in [0.5, 0.6) is 11.5 Å². The number of hydrogen-bond donors (Lipinski definition) is 1. The summed E-state index contributed by atoms with van der Waals surface area (Å²) >= 11 is 5.80. The van der Waals surface area contributed by atoms with Gasteiger partial charge in [-0.15, -0.1) is 0 Å². The Hall–Kier alpha value is -2.51. The number of aliphatic hydroxyl groups excluding tert-OH is 1. The van der Waals surface area contributed by atoms with Crippen molar-refractivity contribution >= 4 is 23.0 Å². The molecule has 1 saturated heterocycles. The summed E-state index contributed by atoms with van der Waals surface area (Å²) < 4.78 is 50.1. The van der Waals surface area contributed by atoms with Crippen LogP contribution in [0.2, 0.25) is 5.02 Å². The number of halogens is 4. The molecule has 33 heavy (non-hydrogen) atoms. The minimum atomic E-state index is -4.56. The predicted molar refractivity (Wildman–Crippen MR) is 119 cm³/mol. The molecular weight excluding hydrogens is 457 g/mol. The highest BCUT2D eigenvalue weighted by atomic mass is 35.5. The lowest BCUT2D eigenvalue weighted by Crippen LogP contribution is -2.36. The molecule has 1 spiro atoms. The zero-order valence-corrected chi connectivity index (χ0v) is 18.9. The Morgan fingerprint density at radius 2 is 1.76 bits per heavy atom. The van der Waals surface area contributed by atoms with Crippen LogP contribution >= 0.6 is 11.6 Å². The number of aliphatic hydroxyl groups is 1. The maximum absolute atomic E-state index is 13.2. The van der Waals surface area contributed by atoms with E-state index in [0.29, 0.717) is 49.4 Å². The van der Waals surface area contributed by atoms with Crippen LogP contribution in [-0.4, -0.2) is 24.1 Å². The summed E-state index contributed by atoms with van der Waals surface area (Å²) in [5.41, 5.74) is 0.534. The monoisotopic (exact) mass is 480 g/mol. The van der Waals surface area contributed by atoms with Crippen molar-refractivity contribution in [3.8, 4) is 11.5 Å². The first-order chi connectivity index (χ1) is 15.6. The van der Waals surface area contributed by atoms with Crippen LogP contribution in [0.4, 0.5) is 13.2 Å². The van der Waals surface area contributed by atoms with E-state index in [-0.39, 0.29) is 22.7 Å². The molecule has 0 aromatic heterocycles. The van der Waals surface area contributed by atoms with Crippen molar-refractivity contribution in [1.29, 1.82) is 0 Å². The lowest BCUT2D eigenvalue weighted by Gasteiger charge is -2.39. The van der Waals surface area contributed by atoms with Crippen molar-refractivity contribution in [3.63, 3.8) is 0 Å². The highest BCUT2D eigenvalue weighted by Gasteiger charge is 2.42. The van der Waals surface area contributed by atoms with E-state index in [4.69, 9.17) is 21.1 Å². The maximum Gasteiger partial charge on any atom is 0.417 e. The number of benzene rings is 2. The van der Waals surface area contributed by atoms with Gasteiger partial charge < -0.3 is 14.6 Å². The molecule has 0 unspecified atom stereocenters. The number of carbonyl (C=O) groups is 1. The molecule has 1 aliphatic heterocycles. The van der Waals surface area contributed by atoms with E-state index in [9.17, 15) is 23.1 Å². The molecule has 1 fully saturated rings. The Kier molecular flexibility index (Phi) is 6.47. The molecule has 4 rings (SSSR count). The molecule has 0 atom stereocenters. The molecule has 0 amide bonds. The zero-order chi connectivity index (χ0) is 23.8. The van der Waals surface area contributed by atoms with Crippen LogP contribution < -0.4 is 4.74 Å². The molecule has 2 aromatic carbocycles. The molecule has 8 heteroatoms. The van der Waals surface area contributed by atoms with Gasteiger partial charge in [-0.1, -0.05) is 24.6 Å². The van der Waals surface area contributed by atoms with E-state index in [0.717, 1.165) is 30.5 Å². The van der Waals surface area contributed by atoms with Crippen molar-refractivity contribution in [1.82, 2.24) is 0 Å². The smallest absolute Gasteiger partial charge is 0.417 e. The summed E-state index contributed by atoms with van der Waals surface area (Å²) in [6, 6.07) is 8.29. The summed E-state index contributed by atoms with van der Waals surface area (Å²) in [6.45, 7) is 3.10. The van der Waals surface area contributed by atoms with Crippen LogP contribution in [0, 0.1) is 5.41 Å². The lowest BCUT2D eigenvalue weighted by molar-refractivity contribution is -0.137. The molecule has 0 saturated carbocycles. The van der Waals surface area contributed by atoms with Crippen molar-refractivity contribution in [2.24, 2.45) is 5.41 Å². The second kappa shape index (κ2) is 9.03. The summed E-state index contributed by atoms with van der Waals surface area (Å²) in [6.07, 6.45) is -1.70. The standard InChI is InChI=1S/C25H24ClF3O4/c1-2-15-3-4-16(33-17-5-6-19(20(26)12-17)25(27,28)29)11-18(15)23-21(30)13-24(14-22(23)31)7-9-32-10-8-24/h3-6,11-12,30H,2,7-10,13-14H2,1H3. The third kappa shape index (κ3) is 4.89. The average Bonchev–Trinajstić information content (AvgIpc) is 2.73. The normalized spacial score (nSPS) is 18.6. The average molecular weight is 481 g/mol. The molecular formula is C25H24ClF3O4. The van der Waals surface area contributed by atoms with Gasteiger partial charge in [0, 0.05) is 32.1 Å². The van der Waals surface area contributed by atoms with Crippen molar-refractivity contribution in [2.45, 2.75) is 45.2 Å². The first-order valence-corrected chi connectivity index (χ1v) is 11.2. The van der Waals surface area contributed by atoms with Gasteiger partial charge in [0.25, 0.3) is 0 Å². The van der Waals surface area contributed by atoms with Gasteiger partial charge in [-0.3, -0.25) is 4.79 Å². The lowest BCUT2D eigenvalue weighted by atomic mass is 9.67. The summed E-state index contributed by atoms with van der Waals surface area (Å²) in [5, 5.41) is 10.4. The van der Waals surface area contributed by atoms with Crippen LogP contribution in [-0.2, 0) is 22.1 Å². The number of carbonyl (C=O) groups excluding carboxylic acids is 1. The van der Waals surface area contributed by atoms with E-state index < -0.39 is 16.8 Å². The van der Waals surface area contributed by atoms with Crippen molar-refractivity contribution in [3.05, 3.63) is 63.9 Å². The van der Waals surface area contributed by atoms with Gasteiger partial charge in [0.15, 0.2) is 5.78 Å². The second-order valence-electron chi connectivity index (χ2n) is 8.62. The number of Topliss-reactive ketones (excluding diaryl/α,β-unsaturated/α-hetero) is 1. The van der Waals surface area contributed by atoms with Crippen LogP contribution in [0.15, 0.2) is 42.2 Å². The Morgan fingerprint density at radius 1 is 1.09 bits per heavy atom. The topological polar surface area (TPSA) is 55.8 Å². The fourth-order valence-corrected chi connectivity index (χ4v) is 4.92. The van der Waals surface area contributed by atoms with E-state index in [1.54, 1.807) is 18.2 Å². The number of allylic oxidation sites excluding steroid dienone is 2. The van der Waals surface area contributed by atoms with Crippen LogP contribution in [0.1, 0.15) is 49.3 Å². The molecule has 1 N–H and O–H groups in total. The Morgan fingerprint density at radius 3 is 2.36 bits per heavy atom. The SMILES string of the molecule is CCc1ccc(Oc2ccc(C(F)(F)F)c(Cl)c2)cc1C1=C(O)CC2(CCOCC2)CC1=O. The number of alkyl halides is 3. The third-order valence-corrected chi connectivity index (χ3v) is 6.72. The largest absolute Gasteiger partial charge is 0.512 e. The Balaban J connectivity index is 1.66. The zero-order valence-electron chi connectivity index (χ0n) is 18.1. The molecule has 2 aliphatic rings. The van der Waals surface area contributed by atoms with Crippen LogP contribution in [0.25, 0.3) is 5.57 Å². The molecule has 176 valence electrons. The number of hydrogen-bond acceptors (Lipinski definition) is 4. The van der Waals surface area contributed by atoms with Gasteiger partial charge in [0.05, 0.1) is 16.2 Å². The van der Waals surface area contributed by atoms with Gasteiger partial charge in [-0.2, -0.15) is 13.2 Å². The number of rotatable bonds is 4. The van der Waals surface area contributed by atoms with Crippen molar-refractivity contribution < 1.29 is 32.5 Å². The quantitative estimate of drug-likeness (QED) is 0.505. The minimum absolute atomic E-state index is 0.0672. The van der Waals surface area contributed by atoms with Gasteiger partial charge in [-0.25, -0.2) is 0 Å². The minimum Gasteiger partial charge on any atom is -0.512 e. The summed E-state index contributed by atoms with van der Waals surface area (Å²) in [7, 11) is 0. The van der Waals surface area contributed by atoms with Crippen LogP contribution in [0.3, 0.4) is 0 Å². The van der Waals surface area contributed by atoms with Gasteiger partial charge in [0.1, 0.15) is 17.3 Å². The third-order valence-electron chi connectivity index (χ3n) is 6.41. The highest BCUT2D eigenvalue weighted by Crippen LogP contribution is 2.47. The predicted octanol–water partition coefficient (Wildman–Crippen LogP) is 7.14. The second-order valence-corrected chi connectivity index (χ2v) is 9.03. The number of ketones is 1. The van der Waals surface area contributed by atoms with E-state index in [1.807, 2.05) is 6.92 Å². The van der Waals surface area contributed by atoms with Gasteiger partial charge >= 0.3 is 6.18 Å². The van der Waals surface area contributed by atoms with E-state index in [2.05, 4.69) is 0 Å². The van der Waals surface area contributed by atoms with E-state index >= 15 is 0 Å². The number of ether oxygens (including phenoxy) is 2. The number of aryl methyl sites for hydroxylation is 1. The fraction of sp³-hybridized carbons (Fsp3) is 0.400. The summed E-state index contributed by atoms with van der Waals surface area (Å²) in [4.78, 5) is 13.2. The molecule has 1 aliphatic carbocycles. The molecule has 0 radical (unpaired) electrons. The Bertz CT molecular complexity index is 1100. The summed E-state index contributed by atoms with van der Waals surface area (Å²) in [5.74, 6) is 0.414. The molecule has 1 heterocycles. The molecule has 0 bridgehead atoms. The molecule has 2 aromatic rings. The van der Waals surface area contributed by atoms with Crippen molar-refractivity contribution in [2.75, 3.05) is 13.2 Å².